The molecule has 2 nitrogen and oxygen atoms in total. The summed E-state index contributed by atoms with van der Waals surface area (Å²) in [6.07, 6.45) is 0. The molecule has 0 fully saturated rings. The average molecular weight is 480 g/mol. The third-order valence-electron chi connectivity index (χ3n) is 3.11. The van der Waals surface area contributed by atoms with Crippen LogP contribution in [0.25, 0.3) is 0 Å². The van der Waals surface area contributed by atoms with Gasteiger partial charge in [-0.2, -0.15) is 0 Å². The molecule has 0 aliphatic carbocycles. The molecule has 0 spiro atoms. The molecule has 1 aromatic heterocycles. The molecule has 1 aromatic carbocycles. The standard InChI is InChI=1S/C14H10Br3NOS/c1-14(7-15)9-6-8(16)2-3-10(9)18-13(19-14)11-4-5-12(17)20-11/h2-6H,7H2,1H3. The van der Waals surface area contributed by atoms with E-state index < -0.39 is 5.60 Å². The van der Waals surface area contributed by atoms with E-state index in [-0.39, 0.29) is 0 Å². The number of halogens is 3. The lowest BCUT2D eigenvalue weighted by Gasteiger charge is -2.34. The monoisotopic (exact) mass is 477 g/mol. The second-order valence-electron chi connectivity index (χ2n) is 4.65. The summed E-state index contributed by atoms with van der Waals surface area (Å²) >= 11 is 12.2. The van der Waals surface area contributed by atoms with Gasteiger partial charge in [-0.15, -0.1) is 11.3 Å². The zero-order chi connectivity index (χ0) is 14.3. The van der Waals surface area contributed by atoms with E-state index in [2.05, 4.69) is 65.8 Å². The first kappa shape index (κ1) is 14.8. The van der Waals surface area contributed by atoms with Gasteiger partial charge in [0.25, 0.3) is 0 Å². The number of hydrogen-bond donors (Lipinski definition) is 0. The first-order valence-electron chi connectivity index (χ1n) is 5.91. The van der Waals surface area contributed by atoms with Gasteiger partial charge in [0.2, 0.25) is 5.90 Å². The van der Waals surface area contributed by atoms with Crippen molar-refractivity contribution in [3.8, 4) is 0 Å². The molecular weight excluding hydrogens is 470 g/mol. The Balaban J connectivity index is 2.14. The molecule has 1 aliphatic rings. The van der Waals surface area contributed by atoms with Crippen molar-refractivity contribution in [1.29, 1.82) is 0 Å². The average Bonchev–Trinajstić information content (AvgIpc) is 2.86. The minimum atomic E-state index is -0.424. The summed E-state index contributed by atoms with van der Waals surface area (Å²) in [5, 5.41) is 0.703. The van der Waals surface area contributed by atoms with Crippen LogP contribution in [0.1, 0.15) is 17.4 Å². The highest BCUT2D eigenvalue weighted by molar-refractivity contribution is 9.11. The van der Waals surface area contributed by atoms with Crippen LogP contribution in [0.5, 0.6) is 0 Å². The second-order valence-corrected chi connectivity index (χ2v) is 8.59. The fourth-order valence-corrected chi connectivity index (χ4v) is 4.15. The predicted octanol–water partition coefficient (Wildman–Crippen LogP) is 5.99. The van der Waals surface area contributed by atoms with E-state index in [0.717, 1.165) is 24.4 Å². The topological polar surface area (TPSA) is 21.6 Å². The molecule has 0 saturated heterocycles. The van der Waals surface area contributed by atoms with Crippen molar-refractivity contribution in [2.45, 2.75) is 12.5 Å². The lowest BCUT2D eigenvalue weighted by molar-refractivity contribution is 0.0983. The number of fused-ring (bicyclic) bond motifs is 1. The van der Waals surface area contributed by atoms with Gasteiger partial charge in [0.15, 0.2) is 0 Å². The molecule has 0 radical (unpaired) electrons. The van der Waals surface area contributed by atoms with E-state index in [1.807, 2.05) is 24.3 Å². The third-order valence-corrected chi connectivity index (χ3v) is 6.29. The molecule has 0 amide bonds. The fraction of sp³-hybridized carbons (Fsp3) is 0.214. The predicted molar refractivity (Wildman–Crippen MR) is 94.6 cm³/mol. The lowest BCUT2D eigenvalue weighted by Crippen LogP contribution is -2.33. The van der Waals surface area contributed by atoms with Gasteiger partial charge >= 0.3 is 0 Å². The van der Waals surface area contributed by atoms with Crippen molar-refractivity contribution in [3.05, 3.63) is 49.0 Å². The molecule has 20 heavy (non-hydrogen) atoms. The fourth-order valence-electron chi connectivity index (χ4n) is 2.06. The van der Waals surface area contributed by atoms with E-state index in [0.29, 0.717) is 11.2 Å². The Kier molecular flexibility index (Phi) is 4.10. The SMILES string of the molecule is CC1(CBr)OC(c2ccc(Br)s2)=Nc2ccc(Br)cc21. The minimum absolute atomic E-state index is 0.424. The van der Waals surface area contributed by atoms with Crippen molar-refractivity contribution < 1.29 is 4.74 Å². The van der Waals surface area contributed by atoms with Crippen molar-refractivity contribution >= 4 is 70.7 Å². The molecule has 1 atom stereocenters. The van der Waals surface area contributed by atoms with Crippen LogP contribution in [-0.4, -0.2) is 11.2 Å². The Hall–Kier alpha value is -0.170. The van der Waals surface area contributed by atoms with Crippen LogP contribution in [0.2, 0.25) is 0 Å². The Labute approximate surface area is 146 Å². The van der Waals surface area contributed by atoms with Gasteiger partial charge < -0.3 is 4.74 Å². The minimum Gasteiger partial charge on any atom is -0.464 e. The highest BCUT2D eigenvalue weighted by Gasteiger charge is 2.36. The van der Waals surface area contributed by atoms with Crippen LogP contribution in [0.3, 0.4) is 0 Å². The van der Waals surface area contributed by atoms with Gasteiger partial charge in [-0.05, 0) is 53.2 Å². The maximum absolute atomic E-state index is 6.18. The number of nitrogens with zero attached hydrogens (tertiary/aromatic N) is 1. The van der Waals surface area contributed by atoms with Crippen molar-refractivity contribution in [2.75, 3.05) is 5.33 Å². The summed E-state index contributed by atoms with van der Waals surface area (Å²) in [5.41, 5.74) is 1.62. The van der Waals surface area contributed by atoms with Crippen molar-refractivity contribution in [1.82, 2.24) is 0 Å². The summed E-state index contributed by atoms with van der Waals surface area (Å²) in [6, 6.07) is 10.1. The van der Waals surface area contributed by atoms with Gasteiger partial charge in [0, 0.05) is 15.4 Å². The van der Waals surface area contributed by atoms with Crippen LogP contribution >= 0.6 is 59.1 Å². The van der Waals surface area contributed by atoms with Crippen molar-refractivity contribution in [2.24, 2.45) is 4.99 Å². The van der Waals surface area contributed by atoms with Gasteiger partial charge in [-0.1, -0.05) is 31.9 Å². The Morgan fingerprint density at radius 1 is 1.25 bits per heavy atom. The first-order valence-corrected chi connectivity index (χ1v) is 9.44. The smallest absolute Gasteiger partial charge is 0.232 e. The van der Waals surface area contributed by atoms with Crippen LogP contribution in [0.4, 0.5) is 5.69 Å². The van der Waals surface area contributed by atoms with Gasteiger partial charge in [0.1, 0.15) is 5.60 Å². The largest absolute Gasteiger partial charge is 0.464 e. The van der Waals surface area contributed by atoms with E-state index >= 15 is 0 Å². The molecule has 0 N–H and O–H groups in total. The number of hydrogen-bond acceptors (Lipinski definition) is 3. The lowest BCUT2D eigenvalue weighted by atomic mass is 9.95. The van der Waals surface area contributed by atoms with Gasteiger partial charge in [-0.3, -0.25) is 0 Å². The molecular formula is C14H10Br3NOS. The summed E-state index contributed by atoms with van der Waals surface area (Å²) < 4.78 is 8.28. The quantitative estimate of drug-likeness (QED) is 0.485. The molecule has 104 valence electrons. The highest BCUT2D eigenvalue weighted by Crippen LogP contribution is 2.41. The van der Waals surface area contributed by atoms with Crippen LogP contribution < -0.4 is 0 Å². The number of thiophene rings is 1. The van der Waals surface area contributed by atoms with Crippen LogP contribution in [0.15, 0.2) is 43.6 Å². The maximum atomic E-state index is 6.18. The molecule has 1 aliphatic heterocycles. The molecule has 2 aromatic rings. The molecule has 0 saturated carbocycles. The Morgan fingerprint density at radius 2 is 2.05 bits per heavy atom. The molecule has 3 rings (SSSR count). The van der Waals surface area contributed by atoms with E-state index in [1.165, 1.54) is 0 Å². The number of rotatable bonds is 2. The van der Waals surface area contributed by atoms with Crippen LogP contribution in [0, 0.1) is 0 Å². The van der Waals surface area contributed by atoms with E-state index in [9.17, 15) is 0 Å². The van der Waals surface area contributed by atoms with Gasteiger partial charge in [-0.25, -0.2) is 4.99 Å². The number of benzene rings is 1. The van der Waals surface area contributed by atoms with E-state index in [1.54, 1.807) is 11.3 Å². The third kappa shape index (κ3) is 2.63. The number of alkyl halides is 1. The molecule has 2 heterocycles. The molecule has 0 bridgehead atoms. The van der Waals surface area contributed by atoms with Gasteiger partial charge in [0.05, 0.1) is 14.4 Å². The normalized spacial score (nSPS) is 21.1. The number of aliphatic imine (C=N–C) groups is 1. The maximum Gasteiger partial charge on any atom is 0.232 e. The van der Waals surface area contributed by atoms with Crippen molar-refractivity contribution in [3.63, 3.8) is 0 Å². The zero-order valence-corrected chi connectivity index (χ0v) is 16.1. The summed E-state index contributed by atoms with van der Waals surface area (Å²) in [6.45, 7) is 2.07. The highest BCUT2D eigenvalue weighted by atomic mass is 79.9. The Bertz CT molecular complexity index is 697. The molecule has 1 unspecified atom stereocenters. The summed E-state index contributed by atoms with van der Waals surface area (Å²) in [5.74, 6) is 0.678. The second kappa shape index (κ2) is 5.55. The van der Waals surface area contributed by atoms with E-state index in [4.69, 9.17) is 4.74 Å². The Morgan fingerprint density at radius 3 is 2.70 bits per heavy atom. The van der Waals surface area contributed by atoms with Crippen LogP contribution in [-0.2, 0) is 10.3 Å². The first-order chi connectivity index (χ1) is 9.51. The number of ether oxygens (including phenoxy) is 1. The summed E-state index contributed by atoms with van der Waals surface area (Å²) in [7, 11) is 0. The molecule has 6 heteroatoms. The summed E-state index contributed by atoms with van der Waals surface area (Å²) in [4.78, 5) is 5.68. The zero-order valence-electron chi connectivity index (χ0n) is 10.5.